The molecule has 5 rings (SSSR count). The Balaban J connectivity index is 1.23. The fourth-order valence-electron chi connectivity index (χ4n) is 5.12. The number of halogens is 3. The number of carboxylic acids is 1. The van der Waals surface area contributed by atoms with Crippen LogP contribution in [0.25, 0.3) is 10.6 Å². The molecule has 0 aliphatic heterocycles. The van der Waals surface area contributed by atoms with Crippen LogP contribution in [0.2, 0.25) is 0 Å². The summed E-state index contributed by atoms with van der Waals surface area (Å²) in [4.78, 5) is 43.3. The van der Waals surface area contributed by atoms with E-state index in [4.69, 9.17) is 14.8 Å². The van der Waals surface area contributed by atoms with Crippen LogP contribution in [0.5, 0.6) is 5.75 Å². The van der Waals surface area contributed by atoms with Gasteiger partial charge in [-0.1, -0.05) is 54.6 Å². The van der Waals surface area contributed by atoms with E-state index in [1.165, 1.54) is 21.8 Å². The second-order valence-electron chi connectivity index (χ2n) is 11.5. The number of carboxylic acid groups (broad SMARTS) is 1. The van der Waals surface area contributed by atoms with Gasteiger partial charge in [0.05, 0.1) is 17.8 Å². The highest BCUT2D eigenvalue weighted by Crippen LogP contribution is 2.30. The molecule has 0 aliphatic carbocycles. The average Bonchev–Trinajstić information content (AvgIpc) is 3.59. The predicted molar refractivity (Wildman–Crippen MR) is 184 cm³/mol. The standard InChI is InChI=1S/C38H34F3N3O5S/c39-38(40,41)31-17-15-30(16-18-31)37(48)44(22-27-9-19-33(20-10-27)49-24-34(45)46)23-32-25-50-36(43-32)29-13-11-28(12-14-29)35(47)42-21-5-4-8-26-6-2-1-3-7-26/h1-3,6-7,9-20,25H,4-5,8,21-24H2,(H,42,47)(H,45,46). The van der Waals surface area contributed by atoms with E-state index in [2.05, 4.69) is 17.4 Å². The van der Waals surface area contributed by atoms with E-state index in [-0.39, 0.29) is 24.6 Å². The summed E-state index contributed by atoms with van der Waals surface area (Å²) in [6.45, 7) is 0.240. The van der Waals surface area contributed by atoms with Gasteiger partial charge in [-0.2, -0.15) is 13.2 Å². The van der Waals surface area contributed by atoms with Crippen molar-refractivity contribution in [2.24, 2.45) is 0 Å². The zero-order chi connectivity index (χ0) is 35.5. The monoisotopic (exact) mass is 701 g/mol. The van der Waals surface area contributed by atoms with E-state index in [0.717, 1.165) is 49.1 Å². The Morgan fingerprint density at radius 2 is 1.48 bits per heavy atom. The second-order valence-corrected chi connectivity index (χ2v) is 12.3. The number of carbonyl (C=O) groups excluding carboxylic acids is 2. The number of hydrogen-bond acceptors (Lipinski definition) is 6. The molecule has 4 aromatic carbocycles. The number of nitrogens with one attached hydrogen (secondary N) is 1. The van der Waals surface area contributed by atoms with Gasteiger partial charge in [-0.3, -0.25) is 9.59 Å². The minimum atomic E-state index is -4.53. The summed E-state index contributed by atoms with van der Waals surface area (Å²) in [7, 11) is 0. The van der Waals surface area contributed by atoms with Crippen LogP contribution in [0.4, 0.5) is 13.2 Å². The molecule has 0 unspecified atom stereocenters. The molecule has 5 aromatic rings. The Bertz CT molecular complexity index is 1880. The number of aromatic nitrogens is 1. The quantitative estimate of drug-likeness (QED) is 0.108. The molecular weight excluding hydrogens is 667 g/mol. The minimum Gasteiger partial charge on any atom is -0.482 e. The van der Waals surface area contributed by atoms with Gasteiger partial charge in [0, 0.05) is 35.2 Å². The smallest absolute Gasteiger partial charge is 0.416 e. The molecule has 0 fully saturated rings. The van der Waals surface area contributed by atoms with E-state index in [1.54, 1.807) is 41.8 Å². The fraction of sp³-hybridized carbons (Fsp3) is 0.211. The lowest BCUT2D eigenvalue weighted by molar-refractivity contribution is -0.139. The zero-order valence-electron chi connectivity index (χ0n) is 26.9. The Hall–Kier alpha value is -5.49. The Morgan fingerprint density at radius 1 is 0.800 bits per heavy atom. The highest BCUT2D eigenvalue weighted by Gasteiger charge is 2.30. The van der Waals surface area contributed by atoms with Crippen molar-refractivity contribution in [1.29, 1.82) is 0 Å². The first-order chi connectivity index (χ1) is 24.0. The molecule has 1 heterocycles. The van der Waals surface area contributed by atoms with E-state index in [0.29, 0.717) is 34.1 Å². The van der Waals surface area contributed by atoms with Crippen LogP contribution in [-0.2, 0) is 30.5 Å². The third kappa shape index (κ3) is 10.3. The maximum atomic E-state index is 13.6. The molecule has 0 atom stereocenters. The number of alkyl halides is 3. The van der Waals surface area contributed by atoms with Crippen LogP contribution in [0.15, 0.2) is 109 Å². The Morgan fingerprint density at radius 3 is 2.14 bits per heavy atom. The first-order valence-corrected chi connectivity index (χ1v) is 16.7. The van der Waals surface area contributed by atoms with Gasteiger partial charge in [-0.25, -0.2) is 9.78 Å². The van der Waals surface area contributed by atoms with Crippen LogP contribution in [0, 0.1) is 0 Å². The molecule has 0 spiro atoms. The summed E-state index contributed by atoms with van der Waals surface area (Å²) in [6, 6.07) is 27.9. The van der Waals surface area contributed by atoms with Crippen LogP contribution in [0.3, 0.4) is 0 Å². The lowest BCUT2D eigenvalue weighted by Gasteiger charge is -2.22. The maximum Gasteiger partial charge on any atom is 0.416 e. The lowest BCUT2D eigenvalue weighted by Crippen LogP contribution is -2.30. The van der Waals surface area contributed by atoms with Crippen molar-refractivity contribution >= 4 is 29.1 Å². The Kier molecular flexibility index (Phi) is 12.0. The minimum absolute atomic E-state index is 0.0678. The third-order valence-electron chi connectivity index (χ3n) is 7.72. The fourth-order valence-corrected chi connectivity index (χ4v) is 5.93. The summed E-state index contributed by atoms with van der Waals surface area (Å²) < 4.78 is 44.6. The van der Waals surface area contributed by atoms with Crippen molar-refractivity contribution < 1.29 is 37.4 Å². The number of thiazole rings is 1. The van der Waals surface area contributed by atoms with Gasteiger partial charge in [-0.15, -0.1) is 11.3 Å². The number of benzene rings is 4. The molecule has 1 aromatic heterocycles. The molecule has 2 amide bonds. The molecule has 2 N–H and O–H groups in total. The summed E-state index contributed by atoms with van der Waals surface area (Å²) in [5.41, 5.74) is 3.08. The van der Waals surface area contributed by atoms with Crippen molar-refractivity contribution in [3.63, 3.8) is 0 Å². The van der Waals surface area contributed by atoms with E-state index in [9.17, 15) is 27.6 Å². The molecule has 0 radical (unpaired) electrons. The van der Waals surface area contributed by atoms with Gasteiger partial charge >= 0.3 is 12.1 Å². The molecule has 0 saturated heterocycles. The van der Waals surface area contributed by atoms with Gasteiger partial charge < -0.3 is 20.1 Å². The van der Waals surface area contributed by atoms with Gasteiger partial charge in [0.1, 0.15) is 10.8 Å². The zero-order valence-corrected chi connectivity index (χ0v) is 27.7. The summed E-state index contributed by atoms with van der Waals surface area (Å²) in [5.74, 6) is -1.43. The van der Waals surface area contributed by atoms with E-state index in [1.807, 2.05) is 30.3 Å². The average molecular weight is 702 g/mol. The predicted octanol–water partition coefficient (Wildman–Crippen LogP) is 7.89. The highest BCUT2D eigenvalue weighted by atomic mass is 32.1. The normalized spacial score (nSPS) is 11.2. The topological polar surface area (TPSA) is 109 Å². The molecular formula is C38H34F3N3O5S. The van der Waals surface area contributed by atoms with Crippen molar-refractivity contribution in [3.05, 3.63) is 142 Å². The third-order valence-corrected chi connectivity index (χ3v) is 8.66. The van der Waals surface area contributed by atoms with Crippen molar-refractivity contribution in [3.8, 4) is 16.3 Å². The van der Waals surface area contributed by atoms with Crippen molar-refractivity contribution in [2.45, 2.75) is 38.5 Å². The number of ether oxygens (including phenoxy) is 1. The van der Waals surface area contributed by atoms with Gasteiger partial charge in [0.15, 0.2) is 6.61 Å². The number of amides is 2. The first kappa shape index (κ1) is 35.8. The van der Waals surface area contributed by atoms with E-state index < -0.39 is 30.2 Å². The first-order valence-electron chi connectivity index (χ1n) is 15.8. The number of aliphatic carboxylic acids is 1. The van der Waals surface area contributed by atoms with Crippen LogP contribution >= 0.6 is 11.3 Å². The van der Waals surface area contributed by atoms with Gasteiger partial charge in [-0.05, 0) is 78.9 Å². The van der Waals surface area contributed by atoms with Gasteiger partial charge in [0.25, 0.3) is 11.8 Å². The summed E-state index contributed by atoms with van der Waals surface area (Å²) >= 11 is 1.37. The molecule has 12 heteroatoms. The van der Waals surface area contributed by atoms with Crippen molar-refractivity contribution in [2.75, 3.05) is 13.2 Å². The second kappa shape index (κ2) is 16.8. The molecule has 0 saturated carbocycles. The highest BCUT2D eigenvalue weighted by molar-refractivity contribution is 7.13. The maximum absolute atomic E-state index is 13.6. The number of aryl methyl sites for hydroxylation is 1. The van der Waals surface area contributed by atoms with Crippen molar-refractivity contribution in [1.82, 2.24) is 15.2 Å². The molecule has 0 aliphatic rings. The molecule has 258 valence electrons. The summed E-state index contributed by atoms with van der Waals surface area (Å²) in [5, 5.41) is 14.3. The molecule has 50 heavy (non-hydrogen) atoms. The SMILES string of the molecule is O=C(O)COc1ccc(CN(Cc2csc(-c3ccc(C(=O)NCCCCc4ccccc4)cc3)n2)C(=O)c2ccc(C(F)(F)F)cc2)cc1. The number of carbonyl (C=O) groups is 3. The van der Waals surface area contributed by atoms with Crippen LogP contribution in [0.1, 0.15) is 55.9 Å². The number of nitrogens with zero attached hydrogens (tertiary/aromatic N) is 2. The number of unbranched alkanes of at least 4 members (excludes halogenated alkanes) is 1. The Labute approximate surface area is 291 Å². The molecule has 0 bridgehead atoms. The lowest BCUT2D eigenvalue weighted by atomic mass is 10.1. The summed E-state index contributed by atoms with van der Waals surface area (Å²) in [6.07, 6.45) is -1.74. The van der Waals surface area contributed by atoms with Crippen LogP contribution in [-0.4, -0.2) is 45.9 Å². The number of rotatable bonds is 15. The van der Waals surface area contributed by atoms with Gasteiger partial charge in [0.2, 0.25) is 0 Å². The molecule has 8 nitrogen and oxygen atoms in total. The number of hydrogen-bond donors (Lipinski definition) is 2. The van der Waals surface area contributed by atoms with E-state index >= 15 is 0 Å². The van der Waals surface area contributed by atoms with Crippen LogP contribution < -0.4 is 10.1 Å². The largest absolute Gasteiger partial charge is 0.482 e.